The second kappa shape index (κ2) is 10.2. The third-order valence-electron chi connectivity index (χ3n) is 4.31. The molecule has 3 rings (SSSR count). The zero-order chi connectivity index (χ0) is 18.8. The van der Waals surface area contributed by atoms with E-state index in [1.165, 1.54) is 4.88 Å². The molecule has 0 bridgehead atoms. The molecule has 3 aromatic rings. The third kappa shape index (κ3) is 5.03. The number of carbonyl (C=O) groups excluding carboxylic acids is 1. The quantitative estimate of drug-likeness (QED) is 0.596. The van der Waals surface area contributed by atoms with Crippen molar-refractivity contribution in [2.45, 2.75) is 33.7 Å². The minimum Gasteiger partial charge on any atom is -0.352 e. The summed E-state index contributed by atoms with van der Waals surface area (Å²) < 4.78 is 1.86. The summed E-state index contributed by atoms with van der Waals surface area (Å²) in [5, 5.41) is 8.20. The molecule has 154 valence electrons. The van der Waals surface area contributed by atoms with E-state index in [0.717, 1.165) is 21.6 Å². The number of aromatic nitrogens is 3. The molecule has 0 aliphatic heterocycles. The Labute approximate surface area is 181 Å². The Hall–Kier alpha value is -1.67. The first kappa shape index (κ1) is 24.4. The van der Waals surface area contributed by atoms with E-state index in [4.69, 9.17) is 10.7 Å². The van der Waals surface area contributed by atoms with Gasteiger partial charge in [0.1, 0.15) is 0 Å². The smallest absolute Gasteiger partial charge is 0.252 e. The lowest BCUT2D eigenvalue weighted by atomic mass is 10.1. The van der Waals surface area contributed by atoms with E-state index in [0.29, 0.717) is 18.7 Å². The number of carbonyl (C=O) groups is 1. The first-order valence-electron chi connectivity index (χ1n) is 8.84. The number of pyridine rings is 1. The van der Waals surface area contributed by atoms with Gasteiger partial charge in [-0.05, 0) is 51.4 Å². The van der Waals surface area contributed by atoms with E-state index in [2.05, 4.69) is 37.3 Å². The summed E-state index contributed by atoms with van der Waals surface area (Å²) in [6, 6.07) is 6.13. The Kier molecular flexibility index (Phi) is 8.88. The molecule has 3 heterocycles. The summed E-state index contributed by atoms with van der Waals surface area (Å²) in [7, 11) is 0. The van der Waals surface area contributed by atoms with Crippen LogP contribution in [0.4, 0.5) is 0 Å². The van der Waals surface area contributed by atoms with Gasteiger partial charge in [-0.2, -0.15) is 5.10 Å². The lowest BCUT2D eigenvalue weighted by Gasteiger charge is -2.12. The molecule has 9 heteroatoms. The molecule has 0 spiro atoms. The highest BCUT2D eigenvalue weighted by Crippen LogP contribution is 2.30. The maximum atomic E-state index is 12.8. The van der Waals surface area contributed by atoms with Crippen LogP contribution in [0.5, 0.6) is 0 Å². The lowest BCUT2D eigenvalue weighted by molar-refractivity contribution is 0.0950. The Morgan fingerprint density at radius 2 is 2.00 bits per heavy atom. The average molecular weight is 444 g/mol. The molecule has 6 nitrogen and oxygen atoms in total. The summed E-state index contributed by atoms with van der Waals surface area (Å²) in [6.45, 7) is 9.27. The highest BCUT2D eigenvalue weighted by Gasteiger charge is 2.19. The number of nitrogens with two attached hydrogens (primary N) is 1. The predicted octanol–water partition coefficient (Wildman–Crippen LogP) is 4.22. The number of aryl methyl sites for hydroxylation is 1. The van der Waals surface area contributed by atoms with Gasteiger partial charge in [0.15, 0.2) is 5.65 Å². The molecule has 0 saturated heterocycles. The molecule has 1 amide bonds. The van der Waals surface area contributed by atoms with Crippen LogP contribution in [0.15, 0.2) is 24.4 Å². The number of halogens is 2. The van der Waals surface area contributed by atoms with Crippen LogP contribution < -0.4 is 11.1 Å². The standard InChI is InChI=1S/C19H25N5OS.2ClH/c1-11(2)24-18-15(10-22-24)14(19(25)21-9-12(3)8-20)7-16(23-18)17-6-5-13(4)26-17;;/h5-7,10-12H,8-9,20H2,1-4H3,(H,21,25);2*1H. The third-order valence-corrected chi connectivity index (χ3v) is 5.33. The fraction of sp³-hybridized carbons (Fsp3) is 0.421. The minimum atomic E-state index is -0.115. The van der Waals surface area contributed by atoms with Gasteiger partial charge in [0.25, 0.3) is 5.91 Å². The van der Waals surface area contributed by atoms with Gasteiger partial charge in [-0.3, -0.25) is 4.79 Å². The molecule has 28 heavy (non-hydrogen) atoms. The van der Waals surface area contributed by atoms with Crippen molar-refractivity contribution in [3.8, 4) is 10.6 Å². The molecule has 1 unspecified atom stereocenters. The monoisotopic (exact) mass is 443 g/mol. The van der Waals surface area contributed by atoms with Crippen molar-refractivity contribution in [3.05, 3.63) is 34.8 Å². The van der Waals surface area contributed by atoms with E-state index < -0.39 is 0 Å². The zero-order valence-corrected chi connectivity index (χ0v) is 18.9. The fourth-order valence-corrected chi connectivity index (χ4v) is 3.56. The van der Waals surface area contributed by atoms with E-state index in [1.807, 2.05) is 23.7 Å². The zero-order valence-electron chi connectivity index (χ0n) is 16.4. The van der Waals surface area contributed by atoms with Crippen molar-refractivity contribution < 1.29 is 4.79 Å². The summed E-state index contributed by atoms with van der Waals surface area (Å²) in [5.74, 6) is 0.115. The van der Waals surface area contributed by atoms with Gasteiger partial charge >= 0.3 is 0 Å². The molecule has 0 saturated carbocycles. The Morgan fingerprint density at radius 3 is 2.57 bits per heavy atom. The van der Waals surface area contributed by atoms with Crippen LogP contribution in [0.3, 0.4) is 0 Å². The number of nitrogens with zero attached hydrogens (tertiary/aromatic N) is 3. The van der Waals surface area contributed by atoms with Crippen molar-refractivity contribution in [3.63, 3.8) is 0 Å². The topological polar surface area (TPSA) is 85.8 Å². The van der Waals surface area contributed by atoms with E-state index >= 15 is 0 Å². The molecule has 3 aromatic heterocycles. The average Bonchev–Trinajstić information content (AvgIpc) is 3.24. The molecule has 0 aromatic carbocycles. The lowest BCUT2D eigenvalue weighted by Crippen LogP contribution is -2.31. The number of hydrogen-bond acceptors (Lipinski definition) is 5. The number of hydrogen-bond donors (Lipinski definition) is 2. The first-order chi connectivity index (χ1) is 12.4. The predicted molar refractivity (Wildman–Crippen MR) is 121 cm³/mol. The molecule has 3 N–H and O–H groups in total. The maximum absolute atomic E-state index is 12.8. The Bertz CT molecular complexity index is 938. The highest BCUT2D eigenvalue weighted by atomic mass is 35.5. The van der Waals surface area contributed by atoms with Crippen LogP contribution >= 0.6 is 36.2 Å². The largest absolute Gasteiger partial charge is 0.352 e. The van der Waals surface area contributed by atoms with Gasteiger partial charge in [0, 0.05) is 17.5 Å². The fourth-order valence-electron chi connectivity index (χ4n) is 2.73. The number of thiophene rings is 1. The van der Waals surface area contributed by atoms with E-state index in [1.54, 1.807) is 17.5 Å². The summed E-state index contributed by atoms with van der Waals surface area (Å²) in [4.78, 5) is 19.9. The van der Waals surface area contributed by atoms with Gasteiger partial charge in [-0.25, -0.2) is 9.67 Å². The summed E-state index contributed by atoms with van der Waals surface area (Å²) >= 11 is 1.67. The van der Waals surface area contributed by atoms with Gasteiger partial charge in [0.2, 0.25) is 0 Å². The van der Waals surface area contributed by atoms with Crippen LogP contribution in [-0.4, -0.2) is 33.8 Å². The van der Waals surface area contributed by atoms with Crippen LogP contribution in [0.2, 0.25) is 0 Å². The number of amides is 1. The number of fused-ring (bicyclic) bond motifs is 1. The van der Waals surface area contributed by atoms with Crippen molar-refractivity contribution in [2.24, 2.45) is 11.7 Å². The van der Waals surface area contributed by atoms with Gasteiger partial charge in [-0.1, -0.05) is 6.92 Å². The number of nitrogens with one attached hydrogen (secondary N) is 1. The Morgan fingerprint density at radius 1 is 1.29 bits per heavy atom. The molecule has 0 aliphatic carbocycles. The molecule has 0 radical (unpaired) electrons. The van der Waals surface area contributed by atoms with Crippen molar-refractivity contribution in [1.29, 1.82) is 0 Å². The van der Waals surface area contributed by atoms with Gasteiger partial charge < -0.3 is 11.1 Å². The van der Waals surface area contributed by atoms with Gasteiger partial charge in [0.05, 0.1) is 27.7 Å². The maximum Gasteiger partial charge on any atom is 0.252 e. The Balaban J connectivity index is 0.00000196. The second-order valence-corrected chi connectivity index (χ2v) is 8.22. The van der Waals surface area contributed by atoms with Crippen LogP contribution in [0.25, 0.3) is 21.6 Å². The van der Waals surface area contributed by atoms with Crippen molar-refractivity contribution in [2.75, 3.05) is 13.1 Å². The van der Waals surface area contributed by atoms with E-state index in [-0.39, 0.29) is 42.7 Å². The number of rotatable bonds is 6. The molecule has 0 aliphatic rings. The van der Waals surface area contributed by atoms with Crippen LogP contribution in [0, 0.1) is 12.8 Å². The summed E-state index contributed by atoms with van der Waals surface area (Å²) in [5.41, 5.74) is 7.79. The highest BCUT2D eigenvalue weighted by molar-refractivity contribution is 7.15. The van der Waals surface area contributed by atoms with Gasteiger partial charge in [-0.15, -0.1) is 36.2 Å². The molecular weight excluding hydrogens is 417 g/mol. The molecule has 0 fully saturated rings. The normalized spacial score (nSPS) is 11.8. The minimum absolute atomic E-state index is 0. The molecule has 1 atom stereocenters. The first-order valence-corrected chi connectivity index (χ1v) is 9.65. The van der Waals surface area contributed by atoms with Crippen molar-refractivity contribution in [1.82, 2.24) is 20.1 Å². The summed E-state index contributed by atoms with van der Waals surface area (Å²) in [6.07, 6.45) is 1.73. The second-order valence-electron chi connectivity index (χ2n) is 6.94. The van der Waals surface area contributed by atoms with Crippen LogP contribution in [-0.2, 0) is 0 Å². The SMILES string of the molecule is Cc1ccc(-c2cc(C(=O)NCC(C)CN)c3cnn(C(C)C)c3n2)s1.Cl.Cl. The van der Waals surface area contributed by atoms with E-state index in [9.17, 15) is 4.79 Å². The molecular formula is C19H27Cl2N5OS. The van der Waals surface area contributed by atoms with Crippen LogP contribution in [0.1, 0.15) is 42.0 Å². The van der Waals surface area contributed by atoms with Crippen molar-refractivity contribution >= 4 is 53.1 Å².